The molecule has 90 valence electrons. The maximum Gasteiger partial charge on any atom is 0.0651 e. The predicted octanol–water partition coefficient (Wildman–Crippen LogP) is 3.92. The lowest BCUT2D eigenvalue weighted by Gasteiger charge is -2.08. The Kier molecular flexibility index (Phi) is 2.52. The van der Waals surface area contributed by atoms with Crippen LogP contribution >= 0.6 is 0 Å². The first-order chi connectivity index (χ1) is 8.70. The van der Waals surface area contributed by atoms with Crippen molar-refractivity contribution in [1.82, 2.24) is 10.2 Å². The molecule has 0 radical (unpaired) electrons. The largest absolute Gasteiger partial charge is 0.355 e. The molecule has 0 aliphatic rings. The van der Waals surface area contributed by atoms with E-state index in [0.29, 0.717) is 0 Å². The van der Waals surface area contributed by atoms with Crippen LogP contribution in [0.4, 0.5) is 11.4 Å². The molecule has 0 aliphatic carbocycles. The van der Waals surface area contributed by atoms with Crippen LogP contribution in [0.15, 0.2) is 42.6 Å². The Morgan fingerprint density at radius 1 is 0.944 bits per heavy atom. The number of nitrogens with zero attached hydrogens (tertiary/aromatic N) is 1. The summed E-state index contributed by atoms with van der Waals surface area (Å²) in [5.74, 6) is 0. The van der Waals surface area contributed by atoms with Gasteiger partial charge in [-0.15, -0.1) is 0 Å². The standard InChI is InChI=1S/C15H15N3/c1-10-5-11(2)7-14(6-10)17-13-3-4-15-12(8-13)9-16-18-15/h3-9,17H,1-2H3,(H,16,18). The lowest BCUT2D eigenvalue weighted by molar-refractivity contribution is 1.12. The highest BCUT2D eigenvalue weighted by atomic mass is 15.1. The van der Waals surface area contributed by atoms with Gasteiger partial charge in [0, 0.05) is 16.8 Å². The van der Waals surface area contributed by atoms with E-state index >= 15 is 0 Å². The first-order valence-corrected chi connectivity index (χ1v) is 5.99. The van der Waals surface area contributed by atoms with Gasteiger partial charge < -0.3 is 5.32 Å². The molecule has 0 saturated heterocycles. The van der Waals surface area contributed by atoms with E-state index in [1.54, 1.807) is 0 Å². The molecule has 3 aromatic rings. The lowest BCUT2D eigenvalue weighted by atomic mass is 10.1. The van der Waals surface area contributed by atoms with Crippen LogP contribution in [0.2, 0.25) is 0 Å². The van der Waals surface area contributed by atoms with Gasteiger partial charge in [-0.2, -0.15) is 5.10 Å². The van der Waals surface area contributed by atoms with E-state index in [1.165, 1.54) is 11.1 Å². The van der Waals surface area contributed by atoms with Gasteiger partial charge in [-0.3, -0.25) is 5.10 Å². The Balaban J connectivity index is 1.95. The molecule has 3 nitrogen and oxygen atoms in total. The molecular formula is C15H15N3. The Morgan fingerprint density at radius 3 is 2.50 bits per heavy atom. The molecule has 0 bridgehead atoms. The van der Waals surface area contributed by atoms with Crippen molar-refractivity contribution in [2.24, 2.45) is 0 Å². The molecule has 2 N–H and O–H groups in total. The first kappa shape index (κ1) is 10.8. The Labute approximate surface area is 106 Å². The summed E-state index contributed by atoms with van der Waals surface area (Å²) in [7, 11) is 0. The van der Waals surface area contributed by atoms with Crippen molar-refractivity contribution in [3.63, 3.8) is 0 Å². The monoisotopic (exact) mass is 237 g/mol. The van der Waals surface area contributed by atoms with Crippen LogP contribution in [-0.2, 0) is 0 Å². The quantitative estimate of drug-likeness (QED) is 0.709. The zero-order chi connectivity index (χ0) is 12.5. The van der Waals surface area contributed by atoms with Gasteiger partial charge in [0.15, 0.2) is 0 Å². The second kappa shape index (κ2) is 4.18. The summed E-state index contributed by atoms with van der Waals surface area (Å²) in [6, 6.07) is 12.6. The van der Waals surface area contributed by atoms with E-state index < -0.39 is 0 Å². The highest BCUT2D eigenvalue weighted by Gasteiger charge is 2.00. The third-order valence-corrected chi connectivity index (χ3v) is 2.95. The van der Waals surface area contributed by atoms with Gasteiger partial charge in [-0.1, -0.05) is 6.07 Å². The molecule has 0 saturated carbocycles. The van der Waals surface area contributed by atoms with Gasteiger partial charge in [0.25, 0.3) is 0 Å². The summed E-state index contributed by atoms with van der Waals surface area (Å²) in [5.41, 5.74) is 5.79. The molecule has 1 heterocycles. The van der Waals surface area contributed by atoms with Gasteiger partial charge in [-0.25, -0.2) is 0 Å². The predicted molar refractivity (Wildman–Crippen MR) is 75.3 cm³/mol. The fraction of sp³-hybridized carbons (Fsp3) is 0.133. The zero-order valence-electron chi connectivity index (χ0n) is 10.5. The third kappa shape index (κ3) is 2.07. The number of anilines is 2. The second-order valence-corrected chi connectivity index (χ2v) is 4.67. The first-order valence-electron chi connectivity index (χ1n) is 5.99. The molecule has 0 amide bonds. The Bertz CT molecular complexity index is 678. The average Bonchev–Trinajstić information content (AvgIpc) is 2.74. The van der Waals surface area contributed by atoms with Crippen molar-refractivity contribution in [3.8, 4) is 0 Å². The fourth-order valence-electron chi connectivity index (χ4n) is 2.23. The zero-order valence-corrected chi connectivity index (χ0v) is 10.5. The highest BCUT2D eigenvalue weighted by molar-refractivity contribution is 5.82. The average molecular weight is 237 g/mol. The van der Waals surface area contributed by atoms with Crippen molar-refractivity contribution in [1.29, 1.82) is 0 Å². The van der Waals surface area contributed by atoms with E-state index in [-0.39, 0.29) is 0 Å². The number of nitrogens with one attached hydrogen (secondary N) is 2. The minimum Gasteiger partial charge on any atom is -0.355 e. The Hall–Kier alpha value is -2.29. The lowest BCUT2D eigenvalue weighted by Crippen LogP contribution is -1.91. The van der Waals surface area contributed by atoms with Gasteiger partial charge in [-0.05, 0) is 55.3 Å². The van der Waals surface area contributed by atoms with Crippen molar-refractivity contribution >= 4 is 22.3 Å². The second-order valence-electron chi connectivity index (χ2n) is 4.67. The molecule has 1 aromatic heterocycles. The van der Waals surface area contributed by atoms with Gasteiger partial charge in [0.2, 0.25) is 0 Å². The highest BCUT2D eigenvalue weighted by Crippen LogP contribution is 2.22. The van der Waals surface area contributed by atoms with E-state index in [0.717, 1.165) is 22.3 Å². The molecule has 0 aliphatic heterocycles. The van der Waals surface area contributed by atoms with Crippen LogP contribution in [0.3, 0.4) is 0 Å². The van der Waals surface area contributed by atoms with Crippen molar-refractivity contribution in [3.05, 3.63) is 53.7 Å². The summed E-state index contributed by atoms with van der Waals surface area (Å²) in [6.07, 6.45) is 1.84. The number of H-pyrrole nitrogens is 1. The molecule has 0 unspecified atom stereocenters. The minimum absolute atomic E-state index is 1.06. The number of aromatic nitrogens is 2. The van der Waals surface area contributed by atoms with Crippen LogP contribution in [0.25, 0.3) is 10.9 Å². The van der Waals surface area contributed by atoms with Crippen LogP contribution < -0.4 is 5.32 Å². The normalized spacial score (nSPS) is 10.8. The molecular weight excluding hydrogens is 222 g/mol. The maximum atomic E-state index is 4.02. The van der Waals surface area contributed by atoms with Crippen LogP contribution in [0.5, 0.6) is 0 Å². The molecule has 2 aromatic carbocycles. The molecule has 0 spiro atoms. The van der Waals surface area contributed by atoms with E-state index in [1.807, 2.05) is 12.3 Å². The van der Waals surface area contributed by atoms with E-state index in [9.17, 15) is 0 Å². The topological polar surface area (TPSA) is 40.7 Å². The number of hydrogen-bond acceptors (Lipinski definition) is 2. The summed E-state index contributed by atoms with van der Waals surface area (Å²) in [5, 5.41) is 11.5. The van der Waals surface area contributed by atoms with Gasteiger partial charge in [0.05, 0.1) is 11.7 Å². The Morgan fingerprint density at radius 2 is 1.72 bits per heavy atom. The SMILES string of the molecule is Cc1cc(C)cc(Nc2ccc3[nH]ncc3c2)c1. The summed E-state index contributed by atoms with van der Waals surface area (Å²) in [6.45, 7) is 4.22. The number of benzene rings is 2. The molecule has 0 atom stereocenters. The van der Waals surface area contributed by atoms with Crippen LogP contribution in [-0.4, -0.2) is 10.2 Å². The van der Waals surface area contributed by atoms with E-state index in [2.05, 4.69) is 59.7 Å². The van der Waals surface area contributed by atoms with Crippen molar-refractivity contribution in [2.75, 3.05) is 5.32 Å². The minimum atomic E-state index is 1.06. The number of aryl methyl sites for hydroxylation is 2. The summed E-state index contributed by atoms with van der Waals surface area (Å²) < 4.78 is 0. The molecule has 18 heavy (non-hydrogen) atoms. The fourth-order valence-corrected chi connectivity index (χ4v) is 2.23. The number of fused-ring (bicyclic) bond motifs is 1. The third-order valence-electron chi connectivity index (χ3n) is 2.95. The number of rotatable bonds is 2. The van der Waals surface area contributed by atoms with Crippen LogP contribution in [0, 0.1) is 13.8 Å². The van der Waals surface area contributed by atoms with Crippen LogP contribution in [0.1, 0.15) is 11.1 Å². The molecule has 3 rings (SSSR count). The maximum absolute atomic E-state index is 4.02. The summed E-state index contributed by atoms with van der Waals surface area (Å²) >= 11 is 0. The van der Waals surface area contributed by atoms with Gasteiger partial charge in [0.1, 0.15) is 0 Å². The molecule has 3 heteroatoms. The van der Waals surface area contributed by atoms with Crippen molar-refractivity contribution < 1.29 is 0 Å². The summed E-state index contributed by atoms with van der Waals surface area (Å²) in [4.78, 5) is 0. The van der Waals surface area contributed by atoms with Gasteiger partial charge >= 0.3 is 0 Å². The number of aromatic amines is 1. The smallest absolute Gasteiger partial charge is 0.0651 e. The van der Waals surface area contributed by atoms with E-state index in [4.69, 9.17) is 0 Å². The molecule has 0 fully saturated rings. The van der Waals surface area contributed by atoms with Crippen molar-refractivity contribution in [2.45, 2.75) is 13.8 Å². The number of hydrogen-bond donors (Lipinski definition) is 2.